The van der Waals surface area contributed by atoms with Crippen molar-refractivity contribution in [2.45, 2.75) is 6.04 Å². The van der Waals surface area contributed by atoms with E-state index < -0.39 is 0 Å². The zero-order valence-electron chi connectivity index (χ0n) is 10.5. The van der Waals surface area contributed by atoms with Crippen LogP contribution in [0.15, 0.2) is 53.1 Å². The van der Waals surface area contributed by atoms with Crippen molar-refractivity contribution in [3.63, 3.8) is 0 Å². The highest BCUT2D eigenvalue weighted by Crippen LogP contribution is 2.33. The average molecular weight is 351 g/mol. The van der Waals surface area contributed by atoms with Gasteiger partial charge in [0.15, 0.2) is 0 Å². The molecule has 0 aliphatic carbocycles. The summed E-state index contributed by atoms with van der Waals surface area (Å²) in [6.45, 7) is 0. The normalized spacial score (nSPS) is 12.8. The molecule has 0 amide bonds. The molecule has 3 rings (SSSR count). The SMILES string of the molecule is NNC(c1cc(Br)ccc1Cl)c1c[nH]c2ccccc12. The van der Waals surface area contributed by atoms with Gasteiger partial charge in [-0.2, -0.15) is 0 Å². The maximum absolute atomic E-state index is 6.31. The molecule has 1 heterocycles. The zero-order valence-corrected chi connectivity index (χ0v) is 12.9. The molecule has 1 aromatic heterocycles. The fraction of sp³-hybridized carbons (Fsp3) is 0.0667. The van der Waals surface area contributed by atoms with Gasteiger partial charge in [-0.15, -0.1) is 0 Å². The number of nitrogens with two attached hydrogens (primary N) is 1. The lowest BCUT2D eigenvalue weighted by Crippen LogP contribution is -2.29. The monoisotopic (exact) mass is 349 g/mol. The summed E-state index contributed by atoms with van der Waals surface area (Å²) in [6.07, 6.45) is 1.96. The Kier molecular flexibility index (Phi) is 3.81. The van der Waals surface area contributed by atoms with Crippen LogP contribution in [0, 0.1) is 0 Å². The molecule has 0 aliphatic rings. The smallest absolute Gasteiger partial charge is 0.0745 e. The number of aromatic nitrogens is 1. The van der Waals surface area contributed by atoms with Crippen LogP contribution in [-0.2, 0) is 0 Å². The lowest BCUT2D eigenvalue weighted by molar-refractivity contribution is 0.640. The van der Waals surface area contributed by atoms with E-state index in [1.165, 1.54) is 0 Å². The van der Waals surface area contributed by atoms with E-state index in [0.29, 0.717) is 5.02 Å². The van der Waals surface area contributed by atoms with Crippen LogP contribution in [0.3, 0.4) is 0 Å². The third-order valence-corrected chi connectivity index (χ3v) is 4.21. The van der Waals surface area contributed by atoms with Crippen LogP contribution in [0.1, 0.15) is 17.2 Å². The Bertz CT molecular complexity index is 754. The van der Waals surface area contributed by atoms with Crippen molar-refractivity contribution >= 4 is 38.4 Å². The molecule has 3 aromatic rings. The Hall–Kier alpha value is -1.33. The molecule has 20 heavy (non-hydrogen) atoms. The van der Waals surface area contributed by atoms with Crippen molar-refractivity contribution in [1.82, 2.24) is 10.4 Å². The second-order valence-electron chi connectivity index (χ2n) is 4.56. The molecule has 5 heteroatoms. The van der Waals surface area contributed by atoms with Gasteiger partial charge >= 0.3 is 0 Å². The molecule has 0 spiro atoms. The van der Waals surface area contributed by atoms with Crippen LogP contribution in [-0.4, -0.2) is 4.98 Å². The van der Waals surface area contributed by atoms with E-state index in [1.54, 1.807) is 0 Å². The van der Waals surface area contributed by atoms with Gasteiger partial charge in [-0.1, -0.05) is 45.7 Å². The minimum atomic E-state index is -0.170. The Balaban J connectivity index is 2.16. The van der Waals surface area contributed by atoms with Gasteiger partial charge in [0, 0.05) is 32.2 Å². The molecule has 3 nitrogen and oxygen atoms in total. The molecular weight excluding hydrogens is 338 g/mol. The van der Waals surface area contributed by atoms with Crippen molar-refractivity contribution in [1.29, 1.82) is 0 Å². The van der Waals surface area contributed by atoms with Crippen LogP contribution in [0.2, 0.25) is 5.02 Å². The lowest BCUT2D eigenvalue weighted by atomic mass is 9.99. The van der Waals surface area contributed by atoms with E-state index in [4.69, 9.17) is 17.4 Å². The predicted molar refractivity (Wildman–Crippen MR) is 86.6 cm³/mol. The van der Waals surface area contributed by atoms with Crippen molar-refractivity contribution in [3.8, 4) is 0 Å². The molecule has 1 unspecified atom stereocenters. The van der Waals surface area contributed by atoms with Gasteiger partial charge in [0.05, 0.1) is 6.04 Å². The van der Waals surface area contributed by atoms with Crippen molar-refractivity contribution in [2.75, 3.05) is 0 Å². The summed E-state index contributed by atoms with van der Waals surface area (Å²) in [6, 6.07) is 13.7. The van der Waals surface area contributed by atoms with Gasteiger partial charge in [0.25, 0.3) is 0 Å². The van der Waals surface area contributed by atoms with Gasteiger partial charge in [-0.25, -0.2) is 5.43 Å². The topological polar surface area (TPSA) is 53.8 Å². The number of para-hydroxylation sites is 1. The summed E-state index contributed by atoms with van der Waals surface area (Å²) in [5.41, 5.74) is 5.94. The number of benzene rings is 2. The van der Waals surface area contributed by atoms with Crippen LogP contribution in [0.25, 0.3) is 10.9 Å². The first-order valence-electron chi connectivity index (χ1n) is 6.18. The van der Waals surface area contributed by atoms with Crippen LogP contribution < -0.4 is 11.3 Å². The lowest BCUT2D eigenvalue weighted by Gasteiger charge is -2.17. The molecule has 0 radical (unpaired) electrons. The number of fused-ring (bicyclic) bond motifs is 1. The summed E-state index contributed by atoms with van der Waals surface area (Å²) in [5.74, 6) is 5.77. The molecule has 4 N–H and O–H groups in total. The van der Waals surface area contributed by atoms with E-state index in [0.717, 1.165) is 26.5 Å². The van der Waals surface area contributed by atoms with Crippen LogP contribution in [0.4, 0.5) is 0 Å². The Morgan fingerprint density at radius 1 is 1.15 bits per heavy atom. The summed E-state index contributed by atoms with van der Waals surface area (Å²) in [5, 5.41) is 1.81. The van der Waals surface area contributed by atoms with Gasteiger partial charge in [0.2, 0.25) is 0 Å². The minimum Gasteiger partial charge on any atom is -0.361 e. The standard InChI is InChI=1S/C15H13BrClN3/c16-9-5-6-13(17)11(7-9)15(20-18)12-8-19-14-4-2-1-3-10(12)14/h1-8,15,19-20H,18H2. The van der Waals surface area contributed by atoms with E-state index in [1.807, 2.05) is 42.6 Å². The Labute approximate surface area is 130 Å². The average Bonchev–Trinajstić information content (AvgIpc) is 2.88. The van der Waals surface area contributed by atoms with E-state index in [2.05, 4.69) is 32.4 Å². The molecule has 102 valence electrons. The van der Waals surface area contributed by atoms with Crippen molar-refractivity contribution in [2.24, 2.45) is 5.84 Å². The first-order valence-corrected chi connectivity index (χ1v) is 7.35. The summed E-state index contributed by atoms with van der Waals surface area (Å²) >= 11 is 9.78. The van der Waals surface area contributed by atoms with Gasteiger partial charge in [0.1, 0.15) is 0 Å². The first-order chi connectivity index (χ1) is 9.70. The maximum atomic E-state index is 6.31. The molecule has 0 saturated heterocycles. The second-order valence-corrected chi connectivity index (χ2v) is 5.88. The number of halogens is 2. The van der Waals surface area contributed by atoms with Crippen LogP contribution in [0.5, 0.6) is 0 Å². The molecule has 0 saturated carbocycles. The Morgan fingerprint density at radius 2 is 1.95 bits per heavy atom. The molecule has 0 fully saturated rings. The number of H-pyrrole nitrogens is 1. The predicted octanol–water partition coefficient (Wildman–Crippen LogP) is 4.14. The highest BCUT2D eigenvalue weighted by molar-refractivity contribution is 9.10. The molecular formula is C15H13BrClN3. The highest BCUT2D eigenvalue weighted by Gasteiger charge is 2.19. The number of hydrazine groups is 1. The fourth-order valence-electron chi connectivity index (χ4n) is 2.42. The van der Waals surface area contributed by atoms with Gasteiger partial charge in [-0.05, 0) is 29.8 Å². The summed E-state index contributed by atoms with van der Waals surface area (Å²) in [4.78, 5) is 3.26. The molecule has 0 aliphatic heterocycles. The molecule has 1 atom stereocenters. The van der Waals surface area contributed by atoms with Crippen molar-refractivity contribution < 1.29 is 0 Å². The Morgan fingerprint density at radius 3 is 2.75 bits per heavy atom. The fourth-order valence-corrected chi connectivity index (χ4v) is 3.02. The van der Waals surface area contributed by atoms with E-state index in [-0.39, 0.29) is 6.04 Å². The number of aromatic amines is 1. The van der Waals surface area contributed by atoms with E-state index in [9.17, 15) is 0 Å². The highest BCUT2D eigenvalue weighted by atomic mass is 79.9. The third-order valence-electron chi connectivity index (χ3n) is 3.37. The first kappa shape index (κ1) is 13.6. The second kappa shape index (κ2) is 5.58. The summed E-state index contributed by atoms with van der Waals surface area (Å²) in [7, 11) is 0. The van der Waals surface area contributed by atoms with Gasteiger partial charge in [-0.3, -0.25) is 5.84 Å². The minimum absolute atomic E-state index is 0.170. The number of hydrogen-bond donors (Lipinski definition) is 3. The quantitative estimate of drug-likeness (QED) is 0.491. The number of nitrogens with one attached hydrogen (secondary N) is 2. The maximum Gasteiger partial charge on any atom is 0.0745 e. The molecule has 0 bridgehead atoms. The zero-order chi connectivity index (χ0) is 14.1. The third kappa shape index (κ3) is 2.36. The van der Waals surface area contributed by atoms with Crippen LogP contribution >= 0.6 is 27.5 Å². The largest absolute Gasteiger partial charge is 0.361 e. The molecule has 2 aromatic carbocycles. The summed E-state index contributed by atoms with van der Waals surface area (Å²) < 4.78 is 0.969. The van der Waals surface area contributed by atoms with E-state index >= 15 is 0 Å². The van der Waals surface area contributed by atoms with Gasteiger partial charge < -0.3 is 4.98 Å². The number of rotatable bonds is 3. The van der Waals surface area contributed by atoms with Crippen molar-refractivity contribution in [3.05, 3.63) is 69.3 Å². The number of hydrogen-bond acceptors (Lipinski definition) is 2.